The summed E-state index contributed by atoms with van der Waals surface area (Å²) in [6.45, 7) is 3.13. The smallest absolute Gasteiger partial charge is 0.317 e. The maximum absolute atomic E-state index is 12.3. The summed E-state index contributed by atoms with van der Waals surface area (Å²) in [5.74, 6) is -0.293. The van der Waals surface area contributed by atoms with E-state index < -0.39 is 0 Å². The van der Waals surface area contributed by atoms with Crippen LogP contribution in [0.25, 0.3) is 0 Å². The number of nitrogens with zero attached hydrogens (tertiary/aromatic N) is 1. The molecule has 0 aromatic heterocycles. The number of amides is 2. The third-order valence-corrected chi connectivity index (χ3v) is 3.93. The van der Waals surface area contributed by atoms with Crippen LogP contribution < -0.4 is 5.32 Å². The van der Waals surface area contributed by atoms with E-state index in [-0.39, 0.29) is 24.5 Å². The highest BCUT2D eigenvalue weighted by atomic mass is 35.5. The van der Waals surface area contributed by atoms with Crippen LogP contribution in [0.1, 0.15) is 37.8 Å². The van der Waals surface area contributed by atoms with Crippen molar-refractivity contribution in [3.8, 4) is 0 Å². The number of hydrogen-bond donors (Lipinski definition) is 1. The largest absolute Gasteiger partial charge is 0.466 e. The molecule has 1 unspecified atom stereocenters. The van der Waals surface area contributed by atoms with E-state index in [1.54, 1.807) is 6.92 Å². The molecule has 1 atom stereocenters. The van der Waals surface area contributed by atoms with Crippen LogP contribution >= 0.6 is 11.6 Å². The normalized spacial score (nSPS) is 17.4. The highest BCUT2D eigenvalue weighted by molar-refractivity contribution is 6.30. The van der Waals surface area contributed by atoms with Crippen molar-refractivity contribution in [1.29, 1.82) is 0 Å². The van der Waals surface area contributed by atoms with Gasteiger partial charge in [-0.05, 0) is 37.5 Å². The molecule has 0 aliphatic carbocycles. The average molecular weight is 325 g/mol. The maximum atomic E-state index is 12.3. The highest BCUT2D eigenvalue weighted by Gasteiger charge is 2.29. The van der Waals surface area contributed by atoms with E-state index in [9.17, 15) is 9.59 Å². The molecule has 1 aliphatic heterocycles. The molecule has 2 amide bonds. The van der Waals surface area contributed by atoms with Crippen molar-refractivity contribution < 1.29 is 14.3 Å². The zero-order chi connectivity index (χ0) is 15.9. The summed E-state index contributed by atoms with van der Waals surface area (Å²) in [6, 6.07) is 7.52. The van der Waals surface area contributed by atoms with E-state index in [0.717, 1.165) is 24.9 Å². The molecule has 1 aromatic rings. The molecular weight excluding hydrogens is 304 g/mol. The molecule has 1 heterocycles. The number of benzene rings is 1. The number of esters is 1. The van der Waals surface area contributed by atoms with Crippen LogP contribution in [-0.4, -0.2) is 36.6 Å². The fourth-order valence-corrected chi connectivity index (χ4v) is 2.77. The van der Waals surface area contributed by atoms with Crippen LogP contribution in [0, 0.1) is 0 Å². The van der Waals surface area contributed by atoms with E-state index in [0.29, 0.717) is 18.2 Å². The van der Waals surface area contributed by atoms with Crippen molar-refractivity contribution in [3.05, 3.63) is 34.9 Å². The minimum Gasteiger partial charge on any atom is -0.466 e. The Morgan fingerprint density at radius 3 is 2.77 bits per heavy atom. The summed E-state index contributed by atoms with van der Waals surface area (Å²) in [4.78, 5) is 25.3. The molecule has 0 bridgehead atoms. The lowest BCUT2D eigenvalue weighted by molar-refractivity contribution is -0.142. The van der Waals surface area contributed by atoms with Crippen molar-refractivity contribution in [2.24, 2.45) is 0 Å². The SMILES string of the molecule is CCOC(=O)CCNC(=O)N1CCCC1c1ccc(Cl)cc1. The second-order valence-electron chi connectivity index (χ2n) is 5.19. The summed E-state index contributed by atoms with van der Waals surface area (Å²) >= 11 is 5.90. The average Bonchev–Trinajstić information content (AvgIpc) is 2.97. The van der Waals surface area contributed by atoms with Gasteiger partial charge >= 0.3 is 12.0 Å². The molecule has 5 nitrogen and oxygen atoms in total. The molecular formula is C16H21ClN2O3. The Hall–Kier alpha value is -1.75. The van der Waals surface area contributed by atoms with Gasteiger partial charge in [0.05, 0.1) is 19.1 Å². The number of nitrogens with one attached hydrogen (secondary N) is 1. The molecule has 0 saturated carbocycles. The molecule has 1 aromatic carbocycles. The predicted octanol–water partition coefficient (Wildman–Crippen LogP) is 3.14. The van der Waals surface area contributed by atoms with E-state index >= 15 is 0 Å². The summed E-state index contributed by atoms with van der Waals surface area (Å²) in [5, 5.41) is 3.47. The first-order valence-electron chi connectivity index (χ1n) is 7.57. The van der Waals surface area contributed by atoms with E-state index in [4.69, 9.17) is 16.3 Å². The third kappa shape index (κ3) is 4.37. The van der Waals surface area contributed by atoms with E-state index in [1.807, 2.05) is 29.2 Å². The Morgan fingerprint density at radius 2 is 2.09 bits per heavy atom. The first kappa shape index (κ1) is 16.6. The Kier molecular flexibility index (Phi) is 6.07. The number of carbonyl (C=O) groups excluding carboxylic acids is 2. The molecule has 6 heteroatoms. The standard InChI is InChI=1S/C16H21ClN2O3/c1-2-22-15(20)9-10-18-16(21)19-11-3-4-14(19)12-5-7-13(17)8-6-12/h5-8,14H,2-4,9-11H2,1H3,(H,18,21). The monoisotopic (exact) mass is 324 g/mol. The lowest BCUT2D eigenvalue weighted by Gasteiger charge is -2.25. The topological polar surface area (TPSA) is 58.6 Å². The molecule has 0 spiro atoms. The Balaban J connectivity index is 1.88. The first-order valence-corrected chi connectivity index (χ1v) is 7.95. The van der Waals surface area contributed by atoms with Gasteiger partial charge in [-0.25, -0.2) is 4.79 Å². The van der Waals surface area contributed by atoms with Gasteiger partial charge in [-0.3, -0.25) is 4.79 Å². The number of hydrogen-bond acceptors (Lipinski definition) is 3. The van der Waals surface area contributed by atoms with Gasteiger partial charge in [0.2, 0.25) is 0 Å². The maximum Gasteiger partial charge on any atom is 0.317 e. The van der Waals surface area contributed by atoms with Crippen molar-refractivity contribution >= 4 is 23.6 Å². The first-order chi connectivity index (χ1) is 10.6. The van der Waals surface area contributed by atoms with Crippen LogP contribution in [-0.2, 0) is 9.53 Å². The number of ether oxygens (including phenoxy) is 1. The molecule has 1 fully saturated rings. The molecule has 22 heavy (non-hydrogen) atoms. The van der Waals surface area contributed by atoms with Gasteiger partial charge in [-0.1, -0.05) is 23.7 Å². The van der Waals surface area contributed by atoms with E-state index in [2.05, 4.69) is 5.32 Å². The summed E-state index contributed by atoms with van der Waals surface area (Å²) in [7, 11) is 0. The minimum absolute atomic E-state index is 0.0693. The fraction of sp³-hybridized carbons (Fsp3) is 0.500. The second kappa shape index (κ2) is 8.03. The van der Waals surface area contributed by atoms with Gasteiger partial charge in [-0.2, -0.15) is 0 Å². The summed E-state index contributed by atoms with van der Waals surface area (Å²) in [5.41, 5.74) is 1.09. The van der Waals surface area contributed by atoms with Gasteiger partial charge in [0.15, 0.2) is 0 Å². The van der Waals surface area contributed by atoms with E-state index in [1.165, 1.54) is 0 Å². The predicted molar refractivity (Wildman–Crippen MR) is 84.8 cm³/mol. The van der Waals surface area contributed by atoms with Crippen LogP contribution in [0.5, 0.6) is 0 Å². The Bertz CT molecular complexity index is 519. The molecule has 0 radical (unpaired) electrons. The quantitative estimate of drug-likeness (QED) is 0.846. The number of carbonyl (C=O) groups is 2. The zero-order valence-corrected chi connectivity index (χ0v) is 13.4. The summed E-state index contributed by atoms with van der Waals surface area (Å²) < 4.78 is 4.83. The van der Waals surface area contributed by atoms with Crippen molar-refractivity contribution in [3.63, 3.8) is 0 Å². The van der Waals surface area contributed by atoms with Crippen LogP contribution in [0.4, 0.5) is 4.79 Å². The molecule has 1 aliphatic rings. The lowest BCUT2D eigenvalue weighted by atomic mass is 10.1. The summed E-state index contributed by atoms with van der Waals surface area (Å²) in [6.07, 6.45) is 2.10. The molecule has 2 rings (SSSR count). The van der Waals surface area contributed by atoms with Gasteiger partial charge in [0.25, 0.3) is 0 Å². The van der Waals surface area contributed by atoms with Crippen molar-refractivity contribution in [2.75, 3.05) is 19.7 Å². The molecule has 1 saturated heterocycles. The van der Waals surface area contributed by atoms with Crippen molar-refractivity contribution in [1.82, 2.24) is 10.2 Å². The third-order valence-electron chi connectivity index (χ3n) is 3.68. The highest BCUT2D eigenvalue weighted by Crippen LogP contribution is 2.32. The Labute approximate surface area is 135 Å². The minimum atomic E-state index is -0.293. The number of rotatable bonds is 5. The van der Waals surface area contributed by atoms with Gasteiger partial charge < -0.3 is 15.0 Å². The number of likely N-dealkylation sites (tertiary alicyclic amines) is 1. The lowest BCUT2D eigenvalue weighted by Crippen LogP contribution is -2.40. The van der Waals surface area contributed by atoms with Gasteiger partial charge in [0.1, 0.15) is 0 Å². The Morgan fingerprint density at radius 1 is 1.36 bits per heavy atom. The fourth-order valence-electron chi connectivity index (χ4n) is 2.65. The van der Waals surface area contributed by atoms with Gasteiger partial charge in [0, 0.05) is 18.1 Å². The molecule has 1 N–H and O–H groups in total. The van der Waals surface area contributed by atoms with Crippen LogP contribution in [0.3, 0.4) is 0 Å². The van der Waals surface area contributed by atoms with Crippen molar-refractivity contribution in [2.45, 2.75) is 32.2 Å². The number of halogens is 1. The van der Waals surface area contributed by atoms with Gasteiger partial charge in [-0.15, -0.1) is 0 Å². The molecule has 120 valence electrons. The van der Waals surface area contributed by atoms with Crippen LogP contribution in [0.2, 0.25) is 5.02 Å². The number of urea groups is 1. The second-order valence-corrected chi connectivity index (χ2v) is 5.63. The van der Waals surface area contributed by atoms with Crippen LogP contribution in [0.15, 0.2) is 24.3 Å². The zero-order valence-electron chi connectivity index (χ0n) is 12.7.